The molecule has 2 saturated heterocycles. The molecule has 5 heteroatoms. The van der Waals surface area contributed by atoms with Gasteiger partial charge in [0, 0.05) is 57.1 Å². The van der Waals surface area contributed by atoms with E-state index in [2.05, 4.69) is 46.7 Å². The van der Waals surface area contributed by atoms with Gasteiger partial charge in [0.2, 0.25) is 0 Å². The molecule has 0 atom stereocenters. The van der Waals surface area contributed by atoms with E-state index in [1.807, 2.05) is 6.92 Å². The lowest BCUT2D eigenvalue weighted by Gasteiger charge is -2.40. The van der Waals surface area contributed by atoms with E-state index < -0.39 is 0 Å². The average molecular weight is 448 g/mol. The van der Waals surface area contributed by atoms with Crippen LogP contribution in [0.3, 0.4) is 0 Å². The number of hydrogen-bond acceptors (Lipinski definition) is 4. The van der Waals surface area contributed by atoms with E-state index in [9.17, 15) is 4.79 Å². The number of Topliss-reactive ketones (excluding diaryl/α,β-unsaturated/α-hetero) is 1. The molecule has 1 saturated carbocycles. The Bertz CT molecular complexity index is 726. The number of nitrogens with zero attached hydrogens (tertiary/aromatic N) is 3. The monoisotopic (exact) mass is 447 g/mol. The molecule has 0 aromatic heterocycles. The van der Waals surface area contributed by atoms with Crippen LogP contribution in [0.1, 0.15) is 77.2 Å². The fraction of sp³-hybridized carbons (Fsp3) is 0.731. The van der Waals surface area contributed by atoms with Crippen molar-refractivity contribution in [2.75, 3.05) is 55.6 Å². The van der Waals surface area contributed by atoms with E-state index in [1.165, 1.54) is 63.0 Å². The molecule has 174 valence electrons. The van der Waals surface area contributed by atoms with Crippen LogP contribution >= 0.6 is 12.4 Å². The highest BCUT2D eigenvalue weighted by molar-refractivity contribution is 5.85. The van der Waals surface area contributed by atoms with Gasteiger partial charge in [-0.25, -0.2) is 0 Å². The second-order valence-electron chi connectivity index (χ2n) is 10.5. The second-order valence-corrected chi connectivity index (χ2v) is 10.5. The zero-order valence-electron chi connectivity index (χ0n) is 19.9. The smallest absolute Gasteiger partial charge is 0.146 e. The van der Waals surface area contributed by atoms with Crippen molar-refractivity contribution >= 4 is 29.6 Å². The molecule has 0 spiro atoms. The standard InChI is InChI=1S/C26H41N3O.ClH/c1-4-23(30)20-27-15-17-29(18-16-27)25-8-7-22(28-13-5-6-14-28)19-24(25)21-9-11-26(2,3)12-10-21;/h7-8,19,21H,4-6,9-18,20H2,1-3H3;1H. The first-order valence-corrected chi connectivity index (χ1v) is 12.3. The summed E-state index contributed by atoms with van der Waals surface area (Å²) in [4.78, 5) is 19.4. The lowest BCUT2D eigenvalue weighted by molar-refractivity contribution is -0.119. The first kappa shape index (κ1) is 24.4. The molecule has 0 unspecified atom stereocenters. The summed E-state index contributed by atoms with van der Waals surface area (Å²) in [7, 11) is 0. The van der Waals surface area contributed by atoms with Crippen LogP contribution in [0.4, 0.5) is 11.4 Å². The zero-order chi connectivity index (χ0) is 21.1. The lowest BCUT2D eigenvalue weighted by Crippen LogP contribution is -2.48. The molecule has 1 aliphatic carbocycles. The van der Waals surface area contributed by atoms with Gasteiger partial charge in [-0.15, -0.1) is 12.4 Å². The van der Waals surface area contributed by atoms with Crippen LogP contribution in [0.25, 0.3) is 0 Å². The maximum atomic E-state index is 11.8. The van der Waals surface area contributed by atoms with E-state index in [-0.39, 0.29) is 12.4 Å². The van der Waals surface area contributed by atoms with E-state index in [0.29, 0.717) is 30.1 Å². The molecule has 4 nitrogen and oxygen atoms in total. The average Bonchev–Trinajstić information content (AvgIpc) is 3.29. The molecule has 4 rings (SSSR count). The maximum absolute atomic E-state index is 11.8. The third kappa shape index (κ3) is 5.96. The highest BCUT2D eigenvalue weighted by Gasteiger charge is 2.31. The summed E-state index contributed by atoms with van der Waals surface area (Å²) in [5, 5.41) is 0. The molecular weight excluding hydrogens is 406 g/mol. The first-order chi connectivity index (χ1) is 14.4. The van der Waals surface area contributed by atoms with E-state index in [4.69, 9.17) is 0 Å². The third-order valence-electron chi connectivity index (χ3n) is 7.77. The predicted octanol–water partition coefficient (Wildman–Crippen LogP) is 5.49. The van der Waals surface area contributed by atoms with Gasteiger partial charge in [0.25, 0.3) is 0 Å². The molecular formula is C26H42ClN3O. The number of ketones is 1. The SMILES string of the molecule is CCC(=O)CN1CCN(c2ccc(N3CCCC3)cc2C2CCC(C)(C)CC2)CC1.Cl. The highest BCUT2D eigenvalue weighted by Crippen LogP contribution is 2.45. The largest absolute Gasteiger partial charge is 0.372 e. The van der Waals surface area contributed by atoms with Crippen molar-refractivity contribution < 1.29 is 4.79 Å². The van der Waals surface area contributed by atoms with Crippen molar-refractivity contribution in [2.45, 2.75) is 71.6 Å². The fourth-order valence-corrected chi connectivity index (χ4v) is 5.55. The van der Waals surface area contributed by atoms with Gasteiger partial charge >= 0.3 is 0 Å². The number of rotatable bonds is 6. The minimum Gasteiger partial charge on any atom is -0.372 e. The number of halogens is 1. The van der Waals surface area contributed by atoms with Crippen molar-refractivity contribution in [1.82, 2.24) is 4.90 Å². The van der Waals surface area contributed by atoms with Crippen LogP contribution in [0.15, 0.2) is 18.2 Å². The molecule has 0 bridgehead atoms. The minimum atomic E-state index is 0. The summed E-state index contributed by atoms with van der Waals surface area (Å²) in [6.45, 7) is 13.9. The number of hydrogen-bond donors (Lipinski definition) is 0. The van der Waals surface area contributed by atoms with Crippen LogP contribution < -0.4 is 9.80 Å². The Kier molecular flexibility index (Phi) is 8.31. The van der Waals surface area contributed by atoms with Gasteiger partial charge in [-0.1, -0.05) is 20.8 Å². The zero-order valence-corrected chi connectivity index (χ0v) is 20.7. The van der Waals surface area contributed by atoms with Gasteiger partial charge in [-0.2, -0.15) is 0 Å². The molecule has 31 heavy (non-hydrogen) atoms. The molecule has 2 heterocycles. The molecule has 0 radical (unpaired) electrons. The van der Waals surface area contributed by atoms with Crippen molar-refractivity contribution in [3.63, 3.8) is 0 Å². The minimum absolute atomic E-state index is 0. The Morgan fingerprint density at radius 2 is 1.61 bits per heavy atom. The highest BCUT2D eigenvalue weighted by atomic mass is 35.5. The molecule has 1 aromatic rings. The summed E-state index contributed by atoms with van der Waals surface area (Å²) in [5.74, 6) is 1.05. The number of carbonyl (C=O) groups excluding carboxylic acids is 1. The summed E-state index contributed by atoms with van der Waals surface area (Å²) < 4.78 is 0. The molecule has 1 aromatic carbocycles. The Balaban J connectivity index is 0.00000272. The summed E-state index contributed by atoms with van der Waals surface area (Å²) in [6, 6.07) is 7.32. The van der Waals surface area contributed by atoms with Crippen molar-refractivity contribution in [1.29, 1.82) is 0 Å². The van der Waals surface area contributed by atoms with Crippen molar-refractivity contribution in [2.24, 2.45) is 5.41 Å². The van der Waals surface area contributed by atoms with Crippen LogP contribution in [0.2, 0.25) is 0 Å². The molecule has 2 aliphatic heterocycles. The van der Waals surface area contributed by atoms with Crippen LogP contribution in [0.5, 0.6) is 0 Å². The molecule has 3 fully saturated rings. The first-order valence-electron chi connectivity index (χ1n) is 12.3. The predicted molar refractivity (Wildman–Crippen MR) is 134 cm³/mol. The Labute approximate surface area is 195 Å². The van der Waals surface area contributed by atoms with Gasteiger partial charge in [0.1, 0.15) is 5.78 Å². The van der Waals surface area contributed by atoms with Crippen LogP contribution in [0, 0.1) is 5.41 Å². The number of anilines is 2. The van der Waals surface area contributed by atoms with Gasteiger partial charge in [-0.05, 0) is 73.6 Å². The van der Waals surface area contributed by atoms with Crippen molar-refractivity contribution in [3.05, 3.63) is 23.8 Å². The summed E-state index contributed by atoms with van der Waals surface area (Å²) in [6.07, 6.45) is 8.60. The Hall–Kier alpha value is -1.26. The second kappa shape index (κ2) is 10.6. The number of piperazine rings is 1. The van der Waals surface area contributed by atoms with Gasteiger partial charge < -0.3 is 9.80 Å². The van der Waals surface area contributed by atoms with E-state index in [1.54, 1.807) is 5.56 Å². The maximum Gasteiger partial charge on any atom is 0.146 e. The van der Waals surface area contributed by atoms with Crippen molar-refractivity contribution in [3.8, 4) is 0 Å². The normalized spacial score (nSPS) is 22.4. The molecule has 0 amide bonds. The van der Waals surface area contributed by atoms with Gasteiger partial charge in [0.05, 0.1) is 6.54 Å². The summed E-state index contributed by atoms with van der Waals surface area (Å²) in [5.41, 5.74) is 4.99. The van der Waals surface area contributed by atoms with E-state index in [0.717, 1.165) is 26.2 Å². The Morgan fingerprint density at radius 1 is 0.968 bits per heavy atom. The molecule has 0 N–H and O–H groups in total. The Morgan fingerprint density at radius 3 is 2.23 bits per heavy atom. The van der Waals surface area contributed by atoms with Gasteiger partial charge in [-0.3, -0.25) is 9.69 Å². The topological polar surface area (TPSA) is 26.8 Å². The number of carbonyl (C=O) groups is 1. The van der Waals surface area contributed by atoms with Crippen LogP contribution in [-0.2, 0) is 4.79 Å². The summed E-state index contributed by atoms with van der Waals surface area (Å²) >= 11 is 0. The number of benzene rings is 1. The lowest BCUT2D eigenvalue weighted by atomic mass is 9.71. The van der Waals surface area contributed by atoms with Crippen LogP contribution in [-0.4, -0.2) is 56.5 Å². The molecule has 3 aliphatic rings. The third-order valence-corrected chi connectivity index (χ3v) is 7.77. The quantitative estimate of drug-likeness (QED) is 0.575. The van der Waals surface area contributed by atoms with Gasteiger partial charge in [0.15, 0.2) is 0 Å². The fourth-order valence-electron chi connectivity index (χ4n) is 5.55. The van der Waals surface area contributed by atoms with E-state index >= 15 is 0 Å².